The lowest BCUT2D eigenvalue weighted by Crippen LogP contribution is -1.60. The summed E-state index contributed by atoms with van der Waals surface area (Å²) in [6.07, 6.45) is 4.66. The zero-order valence-electron chi connectivity index (χ0n) is 4.94. The summed E-state index contributed by atoms with van der Waals surface area (Å²) in [6.45, 7) is 0. The molecule has 0 spiro atoms. The molecule has 2 heterocycles. The maximum Gasteiger partial charge on any atom is 0.113 e. The SMILES string of the molecule is [c]1nscc1-c1ccns1. The van der Waals surface area contributed by atoms with Crippen molar-refractivity contribution in [3.8, 4) is 10.4 Å². The molecule has 0 aliphatic rings. The van der Waals surface area contributed by atoms with Crippen LogP contribution in [0.3, 0.4) is 0 Å². The predicted octanol–water partition coefficient (Wildman–Crippen LogP) is 2.07. The first-order valence-electron chi connectivity index (χ1n) is 2.70. The van der Waals surface area contributed by atoms with Crippen LogP contribution in [0.25, 0.3) is 10.4 Å². The first kappa shape index (κ1) is 6.00. The lowest BCUT2D eigenvalue weighted by Gasteiger charge is -1.81. The highest BCUT2D eigenvalue weighted by molar-refractivity contribution is 7.10. The van der Waals surface area contributed by atoms with Crippen molar-refractivity contribution in [2.45, 2.75) is 0 Å². The number of rotatable bonds is 1. The van der Waals surface area contributed by atoms with Crippen LogP contribution in [-0.2, 0) is 0 Å². The summed E-state index contributed by atoms with van der Waals surface area (Å²) in [5, 5.41) is 1.97. The van der Waals surface area contributed by atoms with Crippen molar-refractivity contribution in [3.05, 3.63) is 23.8 Å². The zero-order valence-corrected chi connectivity index (χ0v) is 6.58. The molecule has 49 valence electrons. The second-order valence-electron chi connectivity index (χ2n) is 1.72. The quantitative estimate of drug-likeness (QED) is 0.649. The predicted molar refractivity (Wildman–Crippen MR) is 42.1 cm³/mol. The molecular formula is C6H3N2S2. The standard InChI is InChI=1S/C6H3N2S2/c1-2-7-10-6(1)5-3-8-9-4-5/h1-2,4H. The molecule has 4 heteroatoms. The molecule has 2 nitrogen and oxygen atoms in total. The van der Waals surface area contributed by atoms with E-state index in [-0.39, 0.29) is 0 Å². The molecule has 1 radical (unpaired) electrons. The molecule has 2 aromatic heterocycles. The molecule has 2 rings (SSSR count). The highest BCUT2D eigenvalue weighted by Gasteiger charge is 1.98. The molecule has 0 aliphatic carbocycles. The Morgan fingerprint density at radius 2 is 2.50 bits per heavy atom. The van der Waals surface area contributed by atoms with Gasteiger partial charge in [-0.15, -0.1) is 0 Å². The lowest BCUT2D eigenvalue weighted by atomic mass is 10.3. The van der Waals surface area contributed by atoms with Gasteiger partial charge >= 0.3 is 0 Å². The van der Waals surface area contributed by atoms with Crippen molar-refractivity contribution in [2.24, 2.45) is 0 Å². The van der Waals surface area contributed by atoms with Crippen LogP contribution in [0.1, 0.15) is 0 Å². The van der Waals surface area contributed by atoms with Gasteiger partial charge < -0.3 is 0 Å². The number of hydrogen-bond donors (Lipinski definition) is 0. The Hall–Kier alpha value is -0.740. The maximum absolute atomic E-state index is 3.98. The van der Waals surface area contributed by atoms with E-state index < -0.39 is 0 Å². The molecular weight excluding hydrogens is 164 g/mol. The van der Waals surface area contributed by atoms with E-state index in [9.17, 15) is 0 Å². The summed E-state index contributed by atoms with van der Waals surface area (Å²) in [4.78, 5) is 1.13. The second-order valence-corrected chi connectivity index (χ2v) is 3.18. The highest BCUT2D eigenvalue weighted by atomic mass is 32.1. The van der Waals surface area contributed by atoms with Gasteiger partial charge in [-0.05, 0) is 29.1 Å². The molecule has 0 bridgehead atoms. The molecule has 0 unspecified atom stereocenters. The van der Waals surface area contributed by atoms with Gasteiger partial charge in [0.15, 0.2) is 0 Å². The molecule has 2 aromatic rings. The van der Waals surface area contributed by atoms with Gasteiger partial charge in [0.25, 0.3) is 0 Å². The van der Waals surface area contributed by atoms with Gasteiger partial charge in [0.05, 0.1) is 4.88 Å². The Balaban J connectivity index is 2.48. The summed E-state index contributed by atoms with van der Waals surface area (Å²) >= 11 is 2.88. The molecule has 0 saturated heterocycles. The Morgan fingerprint density at radius 1 is 1.50 bits per heavy atom. The normalized spacial score (nSPS) is 10.0. The van der Waals surface area contributed by atoms with Crippen molar-refractivity contribution in [2.75, 3.05) is 0 Å². The fourth-order valence-electron chi connectivity index (χ4n) is 0.649. The fourth-order valence-corrected chi connectivity index (χ4v) is 1.77. The summed E-state index contributed by atoms with van der Waals surface area (Å²) in [6, 6.07) is 1.96. The van der Waals surface area contributed by atoms with E-state index in [1.165, 1.54) is 23.1 Å². The van der Waals surface area contributed by atoms with Crippen LogP contribution in [0.4, 0.5) is 0 Å². The summed E-state index contributed by atoms with van der Waals surface area (Å²) in [5.74, 6) is 0. The van der Waals surface area contributed by atoms with Gasteiger partial charge in [-0.1, -0.05) is 0 Å². The van der Waals surface area contributed by atoms with Crippen LogP contribution >= 0.6 is 23.1 Å². The van der Waals surface area contributed by atoms with Gasteiger partial charge in [0, 0.05) is 17.1 Å². The molecule has 0 aliphatic heterocycles. The van der Waals surface area contributed by atoms with Gasteiger partial charge in [-0.25, -0.2) is 4.37 Å². The number of aromatic nitrogens is 2. The van der Waals surface area contributed by atoms with E-state index in [1.807, 2.05) is 11.4 Å². The third kappa shape index (κ3) is 0.955. The minimum Gasteiger partial charge on any atom is -0.201 e. The Morgan fingerprint density at radius 3 is 3.10 bits per heavy atom. The Labute approximate surface area is 66.5 Å². The maximum atomic E-state index is 3.98. The third-order valence-electron chi connectivity index (χ3n) is 1.09. The van der Waals surface area contributed by atoms with Crippen molar-refractivity contribution >= 4 is 23.1 Å². The van der Waals surface area contributed by atoms with Gasteiger partial charge in [-0.3, -0.25) is 0 Å². The Kier molecular flexibility index (Phi) is 1.49. The van der Waals surface area contributed by atoms with E-state index in [0.717, 1.165) is 10.4 Å². The topological polar surface area (TPSA) is 25.8 Å². The third-order valence-corrected chi connectivity index (χ3v) is 2.41. The number of nitrogens with zero attached hydrogens (tertiary/aromatic N) is 2. The van der Waals surface area contributed by atoms with Crippen LogP contribution in [-0.4, -0.2) is 8.75 Å². The molecule has 0 aromatic carbocycles. The van der Waals surface area contributed by atoms with Crippen LogP contribution < -0.4 is 0 Å². The second kappa shape index (κ2) is 2.48. The molecule has 0 fully saturated rings. The average Bonchev–Trinajstić information content (AvgIpc) is 2.59. The van der Waals surface area contributed by atoms with Crippen molar-refractivity contribution in [3.63, 3.8) is 0 Å². The first-order valence-corrected chi connectivity index (χ1v) is 4.31. The van der Waals surface area contributed by atoms with E-state index in [0.29, 0.717) is 0 Å². The van der Waals surface area contributed by atoms with Crippen LogP contribution in [0, 0.1) is 6.20 Å². The minimum atomic E-state index is 1.05. The molecule has 0 amide bonds. The summed E-state index contributed by atoms with van der Waals surface area (Å²) in [5.41, 5.74) is 1.05. The zero-order chi connectivity index (χ0) is 6.81. The monoisotopic (exact) mass is 167 g/mol. The van der Waals surface area contributed by atoms with Gasteiger partial charge in [0.1, 0.15) is 6.20 Å². The molecule has 0 N–H and O–H groups in total. The van der Waals surface area contributed by atoms with Gasteiger partial charge in [0.2, 0.25) is 0 Å². The molecule has 10 heavy (non-hydrogen) atoms. The van der Waals surface area contributed by atoms with Crippen molar-refractivity contribution < 1.29 is 0 Å². The number of hydrogen-bond acceptors (Lipinski definition) is 4. The first-order chi connectivity index (χ1) is 4.97. The van der Waals surface area contributed by atoms with E-state index >= 15 is 0 Å². The van der Waals surface area contributed by atoms with Crippen molar-refractivity contribution in [1.82, 2.24) is 8.75 Å². The minimum absolute atomic E-state index is 1.05. The van der Waals surface area contributed by atoms with Crippen LogP contribution in [0.15, 0.2) is 17.6 Å². The highest BCUT2D eigenvalue weighted by Crippen LogP contribution is 2.22. The lowest BCUT2D eigenvalue weighted by molar-refractivity contribution is 1.55. The van der Waals surface area contributed by atoms with Crippen LogP contribution in [0.2, 0.25) is 0 Å². The van der Waals surface area contributed by atoms with E-state index in [4.69, 9.17) is 0 Å². The van der Waals surface area contributed by atoms with Crippen molar-refractivity contribution in [1.29, 1.82) is 0 Å². The molecule has 0 saturated carbocycles. The fraction of sp³-hybridized carbons (Fsp3) is 0. The van der Waals surface area contributed by atoms with Crippen LogP contribution in [0.5, 0.6) is 0 Å². The largest absolute Gasteiger partial charge is 0.201 e. The molecule has 0 atom stereocenters. The van der Waals surface area contributed by atoms with E-state index in [2.05, 4.69) is 14.9 Å². The smallest absolute Gasteiger partial charge is 0.113 e. The van der Waals surface area contributed by atoms with Gasteiger partial charge in [-0.2, -0.15) is 4.37 Å². The summed E-state index contributed by atoms with van der Waals surface area (Å²) < 4.78 is 7.85. The summed E-state index contributed by atoms with van der Waals surface area (Å²) in [7, 11) is 0. The average molecular weight is 167 g/mol. The van der Waals surface area contributed by atoms with E-state index in [1.54, 1.807) is 6.20 Å². The Bertz CT molecular complexity index is 253.